The number of nitrogens with one attached hydrogen (secondary N) is 2. The van der Waals surface area contributed by atoms with Crippen molar-refractivity contribution >= 4 is 11.2 Å². The second-order valence-electron chi connectivity index (χ2n) is 4.58. The standard InChI is InChI=1S/C14H12N6/c1-2-11(15-4-1)8-20-7-10(6-19-20)12-3-5-16-14-13(12)17-9-18-14/h1-7,9,15H,8H2,(H,16,17,18). The Morgan fingerprint density at radius 3 is 3.05 bits per heavy atom. The average molecular weight is 264 g/mol. The maximum Gasteiger partial charge on any atom is 0.178 e. The second kappa shape index (κ2) is 4.34. The fourth-order valence-corrected chi connectivity index (χ4v) is 2.32. The summed E-state index contributed by atoms with van der Waals surface area (Å²) in [7, 11) is 0. The number of hydrogen-bond donors (Lipinski definition) is 2. The molecule has 6 heteroatoms. The number of pyridine rings is 1. The molecule has 0 fully saturated rings. The van der Waals surface area contributed by atoms with Crippen molar-refractivity contribution in [1.82, 2.24) is 29.7 Å². The average Bonchev–Trinajstić information content (AvgIpc) is 3.19. The van der Waals surface area contributed by atoms with E-state index in [1.54, 1.807) is 12.5 Å². The zero-order valence-corrected chi connectivity index (χ0v) is 10.6. The molecule has 0 amide bonds. The van der Waals surface area contributed by atoms with Crippen molar-refractivity contribution < 1.29 is 0 Å². The van der Waals surface area contributed by atoms with Gasteiger partial charge in [0.1, 0.15) is 0 Å². The van der Waals surface area contributed by atoms with Crippen LogP contribution in [0.1, 0.15) is 5.69 Å². The van der Waals surface area contributed by atoms with Crippen LogP contribution in [0.25, 0.3) is 22.3 Å². The minimum atomic E-state index is 0.722. The van der Waals surface area contributed by atoms with Crippen LogP contribution in [0.2, 0.25) is 0 Å². The summed E-state index contributed by atoms with van der Waals surface area (Å²) < 4.78 is 1.91. The first-order chi connectivity index (χ1) is 9.90. The monoisotopic (exact) mass is 264 g/mol. The number of nitrogens with zero attached hydrogens (tertiary/aromatic N) is 4. The summed E-state index contributed by atoms with van der Waals surface area (Å²) >= 11 is 0. The van der Waals surface area contributed by atoms with E-state index in [2.05, 4.69) is 25.0 Å². The van der Waals surface area contributed by atoms with Crippen molar-refractivity contribution in [3.05, 3.63) is 55.0 Å². The SMILES string of the molecule is c1c[nH]c(Cn2cc(-c3ccnc4nc[nH]c34)cn2)c1. The molecule has 4 aromatic rings. The van der Waals surface area contributed by atoms with E-state index in [0.29, 0.717) is 0 Å². The molecule has 0 bridgehead atoms. The van der Waals surface area contributed by atoms with E-state index < -0.39 is 0 Å². The summed E-state index contributed by atoms with van der Waals surface area (Å²) in [6, 6.07) is 5.99. The van der Waals surface area contributed by atoms with E-state index in [-0.39, 0.29) is 0 Å². The highest BCUT2D eigenvalue weighted by molar-refractivity contribution is 5.88. The normalized spacial score (nSPS) is 11.2. The fraction of sp³-hybridized carbons (Fsp3) is 0.0714. The maximum absolute atomic E-state index is 4.40. The van der Waals surface area contributed by atoms with Gasteiger partial charge in [-0.15, -0.1) is 0 Å². The van der Waals surface area contributed by atoms with E-state index in [0.717, 1.165) is 34.5 Å². The molecule has 20 heavy (non-hydrogen) atoms. The Balaban J connectivity index is 1.72. The number of H-pyrrole nitrogens is 2. The summed E-state index contributed by atoms with van der Waals surface area (Å²) in [6.45, 7) is 0.726. The van der Waals surface area contributed by atoms with E-state index in [4.69, 9.17) is 0 Å². The topological polar surface area (TPSA) is 75.2 Å². The predicted molar refractivity (Wildman–Crippen MR) is 75.0 cm³/mol. The Kier molecular flexibility index (Phi) is 2.38. The van der Waals surface area contributed by atoms with E-state index in [1.165, 1.54) is 0 Å². The Labute approximate surface area is 114 Å². The van der Waals surface area contributed by atoms with Crippen LogP contribution in [0, 0.1) is 0 Å². The highest BCUT2D eigenvalue weighted by Crippen LogP contribution is 2.24. The van der Waals surface area contributed by atoms with E-state index in [1.807, 2.05) is 41.5 Å². The molecule has 0 saturated heterocycles. The van der Waals surface area contributed by atoms with Crippen LogP contribution in [0.15, 0.2) is 49.3 Å². The Hall–Kier alpha value is -2.89. The highest BCUT2D eigenvalue weighted by Gasteiger charge is 2.08. The molecule has 0 spiro atoms. The van der Waals surface area contributed by atoms with Gasteiger partial charge in [0.25, 0.3) is 0 Å². The number of aromatic amines is 2. The van der Waals surface area contributed by atoms with Gasteiger partial charge in [-0.25, -0.2) is 9.97 Å². The molecule has 6 nitrogen and oxygen atoms in total. The van der Waals surface area contributed by atoms with Gasteiger partial charge in [0.15, 0.2) is 5.65 Å². The third kappa shape index (κ3) is 1.78. The zero-order valence-electron chi connectivity index (χ0n) is 10.6. The van der Waals surface area contributed by atoms with Gasteiger partial charge in [-0.1, -0.05) is 0 Å². The maximum atomic E-state index is 4.40. The molecule has 0 aliphatic rings. The summed E-state index contributed by atoms with van der Waals surface area (Å²) in [5.74, 6) is 0. The lowest BCUT2D eigenvalue weighted by Gasteiger charge is -1.99. The van der Waals surface area contributed by atoms with Crippen LogP contribution in [0.3, 0.4) is 0 Å². The van der Waals surface area contributed by atoms with Crippen LogP contribution in [0.5, 0.6) is 0 Å². The Morgan fingerprint density at radius 1 is 1.15 bits per heavy atom. The molecule has 0 aliphatic carbocycles. The smallest absolute Gasteiger partial charge is 0.178 e. The third-order valence-corrected chi connectivity index (χ3v) is 3.27. The van der Waals surface area contributed by atoms with Crippen molar-refractivity contribution in [2.24, 2.45) is 0 Å². The van der Waals surface area contributed by atoms with Gasteiger partial charge >= 0.3 is 0 Å². The molecule has 4 heterocycles. The fourth-order valence-electron chi connectivity index (χ4n) is 2.32. The van der Waals surface area contributed by atoms with Crippen molar-refractivity contribution in [2.75, 3.05) is 0 Å². The summed E-state index contributed by atoms with van der Waals surface area (Å²) in [4.78, 5) is 14.7. The van der Waals surface area contributed by atoms with Crippen molar-refractivity contribution in [3.63, 3.8) is 0 Å². The van der Waals surface area contributed by atoms with E-state index in [9.17, 15) is 0 Å². The highest BCUT2D eigenvalue weighted by atomic mass is 15.3. The third-order valence-electron chi connectivity index (χ3n) is 3.27. The van der Waals surface area contributed by atoms with Gasteiger partial charge in [0, 0.05) is 35.4 Å². The lowest BCUT2D eigenvalue weighted by molar-refractivity contribution is 0.676. The van der Waals surface area contributed by atoms with Gasteiger partial charge < -0.3 is 9.97 Å². The Bertz CT molecular complexity index is 839. The summed E-state index contributed by atoms with van der Waals surface area (Å²) in [6.07, 6.45) is 9.22. The zero-order chi connectivity index (χ0) is 13.4. The molecule has 2 N–H and O–H groups in total. The minimum absolute atomic E-state index is 0.722. The molecule has 0 saturated carbocycles. The second-order valence-corrected chi connectivity index (χ2v) is 4.58. The van der Waals surface area contributed by atoms with Crippen molar-refractivity contribution in [1.29, 1.82) is 0 Å². The molecule has 0 atom stereocenters. The van der Waals surface area contributed by atoms with Crippen molar-refractivity contribution in [3.8, 4) is 11.1 Å². The number of fused-ring (bicyclic) bond motifs is 1. The Morgan fingerprint density at radius 2 is 2.15 bits per heavy atom. The molecule has 0 radical (unpaired) electrons. The molecule has 98 valence electrons. The molecule has 4 rings (SSSR count). The molecular formula is C14H12N6. The first-order valence-electron chi connectivity index (χ1n) is 6.33. The van der Waals surface area contributed by atoms with Crippen LogP contribution >= 0.6 is 0 Å². The van der Waals surface area contributed by atoms with Crippen LogP contribution in [-0.2, 0) is 6.54 Å². The molecule has 0 aliphatic heterocycles. The van der Waals surface area contributed by atoms with Crippen molar-refractivity contribution in [2.45, 2.75) is 6.54 Å². The van der Waals surface area contributed by atoms with Gasteiger partial charge in [-0.3, -0.25) is 4.68 Å². The van der Waals surface area contributed by atoms with Gasteiger partial charge in [-0.2, -0.15) is 5.10 Å². The molecular weight excluding hydrogens is 252 g/mol. The largest absolute Gasteiger partial charge is 0.363 e. The minimum Gasteiger partial charge on any atom is -0.363 e. The lowest BCUT2D eigenvalue weighted by atomic mass is 10.1. The number of hydrogen-bond acceptors (Lipinski definition) is 3. The van der Waals surface area contributed by atoms with Gasteiger partial charge in [0.2, 0.25) is 0 Å². The molecule has 0 unspecified atom stereocenters. The number of rotatable bonds is 3. The summed E-state index contributed by atoms with van der Waals surface area (Å²) in [5.41, 5.74) is 4.89. The molecule has 4 aromatic heterocycles. The van der Waals surface area contributed by atoms with E-state index >= 15 is 0 Å². The summed E-state index contributed by atoms with van der Waals surface area (Å²) in [5, 5.41) is 4.40. The predicted octanol–water partition coefficient (Wildman–Crippen LogP) is 2.20. The van der Waals surface area contributed by atoms with Gasteiger partial charge in [0.05, 0.1) is 24.6 Å². The first kappa shape index (κ1) is 11.0. The van der Waals surface area contributed by atoms with Gasteiger partial charge in [-0.05, 0) is 18.2 Å². The number of aromatic nitrogens is 6. The van der Waals surface area contributed by atoms with Crippen LogP contribution in [-0.4, -0.2) is 29.7 Å². The van der Waals surface area contributed by atoms with Crippen LogP contribution < -0.4 is 0 Å². The quantitative estimate of drug-likeness (QED) is 0.595. The number of imidazole rings is 1. The molecule has 0 aromatic carbocycles. The van der Waals surface area contributed by atoms with Crippen LogP contribution in [0.4, 0.5) is 0 Å². The lowest BCUT2D eigenvalue weighted by Crippen LogP contribution is -1.99. The first-order valence-corrected chi connectivity index (χ1v) is 6.33.